The van der Waals surface area contributed by atoms with Crippen LogP contribution in [0.4, 0.5) is 5.82 Å². The molecule has 0 radical (unpaired) electrons. The minimum atomic E-state index is 0.348. The molecular formula is C14H20BrN3. The second-order valence-corrected chi connectivity index (χ2v) is 5.83. The summed E-state index contributed by atoms with van der Waals surface area (Å²) in [5, 5.41) is 3.39. The highest BCUT2D eigenvalue weighted by molar-refractivity contribution is 9.10. The Bertz CT molecular complexity index is 441. The van der Waals surface area contributed by atoms with Crippen molar-refractivity contribution in [2.24, 2.45) is 0 Å². The molecule has 0 aliphatic heterocycles. The summed E-state index contributed by atoms with van der Waals surface area (Å²) in [4.78, 5) is 8.90. The molecule has 0 saturated heterocycles. The number of allylic oxidation sites excluding steroid dienone is 1. The van der Waals surface area contributed by atoms with E-state index in [1.807, 2.05) is 6.07 Å². The highest BCUT2D eigenvalue weighted by atomic mass is 79.9. The van der Waals surface area contributed by atoms with Crippen molar-refractivity contribution in [2.45, 2.75) is 45.4 Å². The van der Waals surface area contributed by atoms with Gasteiger partial charge in [-0.1, -0.05) is 25.5 Å². The van der Waals surface area contributed by atoms with E-state index in [1.54, 1.807) is 5.57 Å². The predicted octanol–water partition coefficient (Wildman–Crippen LogP) is 4.27. The molecular weight excluding hydrogens is 290 g/mol. The van der Waals surface area contributed by atoms with Crippen molar-refractivity contribution in [1.29, 1.82) is 0 Å². The summed E-state index contributed by atoms with van der Waals surface area (Å²) >= 11 is 3.44. The van der Waals surface area contributed by atoms with Crippen molar-refractivity contribution in [1.82, 2.24) is 9.97 Å². The molecule has 0 saturated carbocycles. The van der Waals surface area contributed by atoms with Crippen molar-refractivity contribution in [3.05, 3.63) is 28.1 Å². The fraction of sp³-hybridized carbons (Fsp3) is 0.571. The van der Waals surface area contributed by atoms with E-state index in [4.69, 9.17) is 0 Å². The molecule has 1 aliphatic carbocycles. The van der Waals surface area contributed by atoms with Crippen LogP contribution in [0, 0.1) is 0 Å². The van der Waals surface area contributed by atoms with E-state index < -0.39 is 0 Å². The lowest BCUT2D eigenvalue weighted by atomic mass is 10.2. The van der Waals surface area contributed by atoms with Gasteiger partial charge in [0.05, 0.1) is 0 Å². The molecule has 1 N–H and O–H groups in total. The Morgan fingerprint density at radius 3 is 2.89 bits per heavy atom. The maximum Gasteiger partial charge on any atom is 0.134 e. The molecule has 2 rings (SSSR count). The smallest absolute Gasteiger partial charge is 0.134 e. The van der Waals surface area contributed by atoms with Gasteiger partial charge in [-0.3, -0.25) is 0 Å². The zero-order valence-electron chi connectivity index (χ0n) is 11.0. The van der Waals surface area contributed by atoms with Crippen LogP contribution in [-0.2, 0) is 0 Å². The first kappa shape index (κ1) is 13.5. The Morgan fingerprint density at radius 2 is 2.22 bits per heavy atom. The first-order valence-corrected chi connectivity index (χ1v) is 7.40. The summed E-state index contributed by atoms with van der Waals surface area (Å²) < 4.78 is 0.851. The average molecular weight is 310 g/mol. The van der Waals surface area contributed by atoms with Gasteiger partial charge >= 0.3 is 0 Å². The number of hydrogen-bond acceptors (Lipinski definition) is 3. The third kappa shape index (κ3) is 3.80. The molecule has 0 bridgehead atoms. The van der Waals surface area contributed by atoms with Crippen molar-refractivity contribution < 1.29 is 0 Å². The van der Waals surface area contributed by atoms with E-state index in [-0.39, 0.29) is 0 Å². The number of hydrogen-bond donors (Lipinski definition) is 1. The molecule has 98 valence electrons. The maximum atomic E-state index is 4.53. The molecule has 0 amide bonds. The van der Waals surface area contributed by atoms with Gasteiger partial charge in [0.1, 0.15) is 16.2 Å². The largest absolute Gasteiger partial charge is 0.370 e. The topological polar surface area (TPSA) is 37.8 Å². The Morgan fingerprint density at radius 1 is 1.39 bits per heavy atom. The van der Waals surface area contributed by atoms with E-state index in [0.29, 0.717) is 5.92 Å². The summed E-state index contributed by atoms with van der Waals surface area (Å²) in [6.45, 7) is 5.16. The Labute approximate surface area is 117 Å². The van der Waals surface area contributed by atoms with Crippen molar-refractivity contribution >= 4 is 21.7 Å². The number of nitrogens with one attached hydrogen (secondary N) is 1. The Hall–Kier alpha value is -0.900. The van der Waals surface area contributed by atoms with Crippen LogP contribution in [-0.4, -0.2) is 16.5 Å². The van der Waals surface area contributed by atoms with Crippen LogP contribution in [0.5, 0.6) is 0 Å². The monoisotopic (exact) mass is 309 g/mol. The molecule has 0 atom stereocenters. The van der Waals surface area contributed by atoms with Crippen LogP contribution in [0.25, 0.3) is 0 Å². The van der Waals surface area contributed by atoms with Crippen molar-refractivity contribution in [2.75, 3.05) is 11.9 Å². The van der Waals surface area contributed by atoms with E-state index in [1.165, 1.54) is 19.3 Å². The fourth-order valence-electron chi connectivity index (χ4n) is 2.10. The van der Waals surface area contributed by atoms with E-state index >= 15 is 0 Å². The van der Waals surface area contributed by atoms with Crippen LogP contribution < -0.4 is 5.32 Å². The van der Waals surface area contributed by atoms with Gasteiger partial charge < -0.3 is 5.32 Å². The van der Waals surface area contributed by atoms with E-state index in [2.05, 4.69) is 51.1 Å². The fourth-order valence-corrected chi connectivity index (χ4v) is 2.50. The average Bonchev–Trinajstić information content (AvgIpc) is 2.81. The predicted molar refractivity (Wildman–Crippen MR) is 78.9 cm³/mol. The zero-order chi connectivity index (χ0) is 13.0. The van der Waals surface area contributed by atoms with Gasteiger partial charge in [0.25, 0.3) is 0 Å². The second-order valence-electron chi connectivity index (χ2n) is 5.02. The third-order valence-corrected chi connectivity index (χ3v) is 3.52. The van der Waals surface area contributed by atoms with Crippen LogP contribution in [0.3, 0.4) is 0 Å². The summed E-state index contributed by atoms with van der Waals surface area (Å²) in [5.74, 6) is 2.15. The van der Waals surface area contributed by atoms with Crippen molar-refractivity contribution in [3.8, 4) is 0 Å². The number of nitrogens with zero attached hydrogens (tertiary/aromatic N) is 2. The Kier molecular flexibility index (Phi) is 4.75. The summed E-state index contributed by atoms with van der Waals surface area (Å²) in [6.07, 6.45) is 7.35. The zero-order valence-corrected chi connectivity index (χ0v) is 12.6. The Balaban J connectivity index is 1.92. The van der Waals surface area contributed by atoms with E-state index in [0.717, 1.165) is 29.2 Å². The molecule has 1 aliphatic rings. The van der Waals surface area contributed by atoms with Gasteiger partial charge in [-0.25, -0.2) is 9.97 Å². The highest BCUT2D eigenvalue weighted by Gasteiger charge is 2.07. The third-order valence-electron chi connectivity index (χ3n) is 3.12. The molecule has 0 spiro atoms. The minimum Gasteiger partial charge on any atom is -0.370 e. The normalized spacial score (nSPS) is 15.0. The molecule has 3 nitrogen and oxygen atoms in total. The molecule has 1 aromatic heterocycles. The summed E-state index contributed by atoms with van der Waals surface area (Å²) in [7, 11) is 0. The van der Waals surface area contributed by atoms with Gasteiger partial charge in [-0.2, -0.15) is 0 Å². The standard InChI is InChI=1S/C14H20BrN3/c1-10(2)14-17-12(15)9-13(18-14)16-8-7-11-5-3-4-6-11/h5,9-10H,3-4,6-8H2,1-2H3,(H,16,17,18). The first-order valence-electron chi connectivity index (χ1n) is 6.61. The van der Waals surface area contributed by atoms with Crippen LogP contribution in [0.15, 0.2) is 22.3 Å². The SMILES string of the molecule is CC(C)c1nc(Br)cc(NCCC2=CCCC2)n1. The van der Waals surface area contributed by atoms with Gasteiger partial charge in [0.15, 0.2) is 0 Å². The van der Waals surface area contributed by atoms with Gasteiger partial charge in [-0.05, 0) is 41.6 Å². The lowest BCUT2D eigenvalue weighted by molar-refractivity contribution is 0.768. The summed E-state index contributed by atoms with van der Waals surface area (Å²) in [6, 6.07) is 1.94. The molecule has 1 heterocycles. The number of anilines is 1. The lowest BCUT2D eigenvalue weighted by Gasteiger charge is -2.10. The molecule has 18 heavy (non-hydrogen) atoms. The van der Waals surface area contributed by atoms with E-state index in [9.17, 15) is 0 Å². The molecule has 0 aromatic carbocycles. The van der Waals surface area contributed by atoms with Gasteiger partial charge in [0.2, 0.25) is 0 Å². The number of rotatable bonds is 5. The van der Waals surface area contributed by atoms with Crippen molar-refractivity contribution in [3.63, 3.8) is 0 Å². The van der Waals surface area contributed by atoms with Gasteiger partial charge in [0, 0.05) is 18.5 Å². The number of aromatic nitrogens is 2. The molecule has 0 fully saturated rings. The quantitative estimate of drug-likeness (QED) is 0.652. The molecule has 4 heteroatoms. The maximum absolute atomic E-state index is 4.53. The molecule has 1 aromatic rings. The summed E-state index contributed by atoms with van der Waals surface area (Å²) in [5.41, 5.74) is 1.58. The van der Waals surface area contributed by atoms with Crippen LogP contribution >= 0.6 is 15.9 Å². The van der Waals surface area contributed by atoms with Crippen LogP contribution in [0.1, 0.15) is 51.3 Å². The first-order chi connectivity index (χ1) is 8.65. The minimum absolute atomic E-state index is 0.348. The number of halogens is 1. The highest BCUT2D eigenvalue weighted by Crippen LogP contribution is 2.21. The lowest BCUT2D eigenvalue weighted by Crippen LogP contribution is -2.07. The second kappa shape index (κ2) is 6.32. The van der Waals surface area contributed by atoms with Gasteiger partial charge in [-0.15, -0.1) is 0 Å². The molecule has 0 unspecified atom stereocenters. The van der Waals surface area contributed by atoms with Crippen LogP contribution in [0.2, 0.25) is 0 Å².